The Bertz CT molecular complexity index is 101. The molecule has 0 bridgehead atoms. The minimum absolute atomic E-state index is 0.651. The largest absolute Gasteiger partial charge is 0.507 e. The van der Waals surface area contributed by atoms with E-state index in [0.717, 1.165) is 12.8 Å². The summed E-state index contributed by atoms with van der Waals surface area (Å²) in [5.74, 6) is 0. The van der Waals surface area contributed by atoms with Gasteiger partial charge in [-0.3, -0.25) is 0 Å². The van der Waals surface area contributed by atoms with Gasteiger partial charge >= 0.3 is 8.03 Å². The van der Waals surface area contributed by atoms with Crippen LogP contribution in [0.2, 0.25) is 0 Å². The smallest absolute Gasteiger partial charge is 0.150 e. The highest BCUT2D eigenvalue weighted by atomic mass is 31.1. The van der Waals surface area contributed by atoms with Crippen molar-refractivity contribution in [2.75, 3.05) is 13.3 Å². The van der Waals surface area contributed by atoms with Crippen molar-refractivity contribution < 1.29 is 9.09 Å². The van der Waals surface area contributed by atoms with Gasteiger partial charge in [0.05, 0.1) is 7.11 Å². The van der Waals surface area contributed by atoms with Crippen molar-refractivity contribution in [1.29, 1.82) is 0 Å². The lowest BCUT2D eigenvalue weighted by molar-refractivity contribution is 0.414. The lowest BCUT2D eigenvalue weighted by Crippen LogP contribution is -1.78. The zero-order valence-corrected chi connectivity index (χ0v) is 6.56. The molecule has 0 amide bonds. The summed E-state index contributed by atoms with van der Waals surface area (Å²) in [7, 11) is 0.0772. The maximum Gasteiger partial charge on any atom is 0.507 e. The van der Waals surface area contributed by atoms with Crippen LogP contribution >= 0.6 is 8.03 Å². The summed E-state index contributed by atoms with van der Waals surface area (Å²) in [5.41, 5.74) is 0. The average molecular weight is 147 g/mol. The molecule has 1 unspecified atom stereocenters. The fourth-order valence-electron chi connectivity index (χ4n) is 0.456. The average Bonchev–Trinajstić information content (AvgIpc) is 1.89. The third-order valence-corrected chi connectivity index (χ3v) is 2.04. The van der Waals surface area contributed by atoms with Crippen LogP contribution in [-0.2, 0) is 9.09 Å². The first-order chi connectivity index (χ1) is 4.31. The molecule has 0 aliphatic heterocycles. The second-order valence-electron chi connectivity index (χ2n) is 1.67. The normalized spacial score (nSPS) is 11.0. The topological polar surface area (TPSA) is 26.3 Å². The number of unbranched alkanes of at least 4 members (excludes halogenated alkanes) is 1. The molecule has 0 aromatic carbocycles. The minimum Gasteiger partial charge on any atom is -0.150 e. The third kappa shape index (κ3) is 5.67. The maximum atomic E-state index is 10.6. The Labute approximate surface area is 56.8 Å². The van der Waals surface area contributed by atoms with Crippen molar-refractivity contribution in [1.82, 2.24) is 0 Å². The highest BCUT2D eigenvalue weighted by molar-refractivity contribution is 7.39. The Morgan fingerprint density at radius 2 is 2.44 bits per heavy atom. The van der Waals surface area contributed by atoms with Gasteiger partial charge in [-0.15, -0.1) is 11.1 Å². The highest BCUT2D eigenvalue weighted by Gasteiger charge is 2.11. The van der Waals surface area contributed by atoms with Gasteiger partial charge in [-0.25, -0.2) is 0 Å². The van der Waals surface area contributed by atoms with Gasteiger partial charge in [-0.2, -0.15) is 0 Å². The van der Waals surface area contributed by atoms with E-state index in [9.17, 15) is 4.57 Å². The van der Waals surface area contributed by atoms with E-state index in [1.165, 1.54) is 7.11 Å². The van der Waals surface area contributed by atoms with E-state index < -0.39 is 8.03 Å². The van der Waals surface area contributed by atoms with Gasteiger partial charge in [-0.05, 0) is 17.4 Å². The number of hydrogen-bond donors (Lipinski definition) is 0. The molecular formula is C6H12O2P+. The molecule has 0 saturated heterocycles. The monoisotopic (exact) mass is 147 g/mol. The third-order valence-electron chi connectivity index (χ3n) is 0.953. The molecule has 0 radical (unpaired) electrons. The fourth-order valence-corrected chi connectivity index (χ4v) is 1.08. The molecular weight excluding hydrogens is 135 g/mol. The number of hydrogen-bond acceptors (Lipinski definition) is 2. The van der Waals surface area contributed by atoms with Crippen LogP contribution < -0.4 is 0 Å². The molecule has 0 spiro atoms. The molecule has 0 N–H and O–H groups in total. The van der Waals surface area contributed by atoms with Crippen LogP contribution in [0.25, 0.3) is 0 Å². The Kier molecular flexibility index (Phi) is 5.80. The summed E-state index contributed by atoms with van der Waals surface area (Å²) in [6.45, 7) is 3.55. The van der Waals surface area contributed by atoms with Crippen LogP contribution in [0.15, 0.2) is 12.7 Å². The highest BCUT2D eigenvalue weighted by Crippen LogP contribution is 2.21. The van der Waals surface area contributed by atoms with Crippen LogP contribution in [0, 0.1) is 0 Å². The molecule has 3 heteroatoms. The summed E-state index contributed by atoms with van der Waals surface area (Å²) in [5, 5.41) is 0. The Morgan fingerprint density at radius 3 is 2.89 bits per heavy atom. The molecule has 0 fully saturated rings. The summed E-state index contributed by atoms with van der Waals surface area (Å²) in [6.07, 6.45) is 4.30. The molecule has 0 heterocycles. The van der Waals surface area contributed by atoms with Gasteiger partial charge in [-0.1, -0.05) is 6.08 Å². The van der Waals surface area contributed by atoms with Gasteiger partial charge in [0.25, 0.3) is 0 Å². The molecule has 0 aliphatic carbocycles. The van der Waals surface area contributed by atoms with Crippen molar-refractivity contribution >= 4 is 8.03 Å². The zero-order valence-electron chi connectivity index (χ0n) is 5.67. The second-order valence-corrected chi connectivity index (χ2v) is 3.15. The standard InChI is InChI=1S/C6H12O2P/c1-3-4-5-6-9(7)8-2/h3H,1,4-6H2,2H3/q+1. The molecule has 0 aromatic rings. The molecule has 0 aromatic heterocycles. The van der Waals surface area contributed by atoms with Gasteiger partial charge in [0.1, 0.15) is 0 Å². The summed E-state index contributed by atoms with van der Waals surface area (Å²) >= 11 is 0. The molecule has 0 rings (SSSR count). The minimum atomic E-state index is -1.39. The zero-order chi connectivity index (χ0) is 7.11. The molecule has 1 atom stereocenters. The molecule has 2 nitrogen and oxygen atoms in total. The fraction of sp³-hybridized carbons (Fsp3) is 0.667. The van der Waals surface area contributed by atoms with Crippen molar-refractivity contribution in [2.45, 2.75) is 12.8 Å². The lowest BCUT2D eigenvalue weighted by Gasteiger charge is -1.81. The van der Waals surface area contributed by atoms with Crippen LogP contribution in [0.3, 0.4) is 0 Å². The van der Waals surface area contributed by atoms with E-state index in [2.05, 4.69) is 11.1 Å². The number of rotatable bonds is 5. The first-order valence-electron chi connectivity index (χ1n) is 2.91. The first kappa shape index (κ1) is 8.80. The van der Waals surface area contributed by atoms with E-state index in [-0.39, 0.29) is 0 Å². The van der Waals surface area contributed by atoms with Crippen molar-refractivity contribution in [3.05, 3.63) is 12.7 Å². The van der Waals surface area contributed by atoms with Crippen molar-refractivity contribution in [3.63, 3.8) is 0 Å². The summed E-state index contributed by atoms with van der Waals surface area (Å²) in [4.78, 5) is 0. The SMILES string of the molecule is C=CCCC[P+](=O)OC. The van der Waals surface area contributed by atoms with E-state index in [1.54, 1.807) is 0 Å². The van der Waals surface area contributed by atoms with Gasteiger partial charge in [0.2, 0.25) is 0 Å². The molecule has 0 aliphatic rings. The molecule has 9 heavy (non-hydrogen) atoms. The molecule has 0 saturated carbocycles. The van der Waals surface area contributed by atoms with Crippen LogP contribution in [0.5, 0.6) is 0 Å². The van der Waals surface area contributed by atoms with Gasteiger partial charge in [0.15, 0.2) is 6.16 Å². The predicted octanol–water partition coefficient (Wildman–Crippen LogP) is 2.34. The van der Waals surface area contributed by atoms with E-state index in [0.29, 0.717) is 6.16 Å². The van der Waals surface area contributed by atoms with Crippen LogP contribution in [0.1, 0.15) is 12.8 Å². The van der Waals surface area contributed by atoms with E-state index in [4.69, 9.17) is 0 Å². The van der Waals surface area contributed by atoms with Crippen LogP contribution in [-0.4, -0.2) is 13.3 Å². The Hall–Kier alpha value is -0.200. The van der Waals surface area contributed by atoms with Crippen LogP contribution in [0.4, 0.5) is 0 Å². The Morgan fingerprint density at radius 1 is 1.78 bits per heavy atom. The van der Waals surface area contributed by atoms with E-state index in [1.807, 2.05) is 6.08 Å². The summed E-state index contributed by atoms with van der Waals surface area (Å²) in [6, 6.07) is 0. The van der Waals surface area contributed by atoms with Gasteiger partial charge in [0, 0.05) is 0 Å². The second kappa shape index (κ2) is 5.93. The van der Waals surface area contributed by atoms with Crippen molar-refractivity contribution in [3.8, 4) is 0 Å². The quantitative estimate of drug-likeness (QED) is 0.339. The maximum absolute atomic E-state index is 10.6. The first-order valence-corrected chi connectivity index (χ1v) is 4.27. The van der Waals surface area contributed by atoms with Crippen molar-refractivity contribution in [2.24, 2.45) is 0 Å². The lowest BCUT2D eigenvalue weighted by atomic mass is 10.3. The predicted molar refractivity (Wildman–Crippen MR) is 38.9 cm³/mol. The van der Waals surface area contributed by atoms with Gasteiger partial charge < -0.3 is 0 Å². The number of allylic oxidation sites excluding steroid dienone is 1. The Balaban J connectivity index is 3.06. The van der Waals surface area contributed by atoms with E-state index >= 15 is 0 Å². The molecule has 52 valence electrons. The summed E-state index contributed by atoms with van der Waals surface area (Å²) < 4.78 is 15.1.